The molecule has 0 atom stereocenters. The predicted octanol–water partition coefficient (Wildman–Crippen LogP) is 5.03. The van der Waals surface area contributed by atoms with E-state index in [-0.39, 0.29) is 36.9 Å². The number of carbonyl (C=O) groups excluding carboxylic acids is 1. The minimum absolute atomic E-state index is 0.0145. The van der Waals surface area contributed by atoms with Crippen molar-refractivity contribution in [1.82, 2.24) is 29.2 Å². The Kier molecular flexibility index (Phi) is 9.12. The second kappa shape index (κ2) is 13.1. The average molecular weight is 606 g/mol. The van der Waals surface area contributed by atoms with Crippen LogP contribution < -0.4 is 20.3 Å². The molecule has 232 valence electrons. The number of amides is 1. The summed E-state index contributed by atoms with van der Waals surface area (Å²) in [4.78, 5) is 41.2. The first-order valence-corrected chi connectivity index (χ1v) is 14.4. The topological polar surface area (TPSA) is 126 Å². The number of piperidine rings is 1. The Morgan fingerprint density at radius 2 is 1.89 bits per heavy atom. The highest BCUT2D eigenvalue weighted by atomic mass is 19.1. The smallest absolute Gasteiger partial charge is 0.410 e. The first-order chi connectivity index (χ1) is 21.1. The maximum atomic E-state index is 13.3. The van der Waals surface area contributed by atoms with E-state index in [9.17, 15) is 14.0 Å². The molecule has 13 heteroatoms. The maximum absolute atomic E-state index is 13.3. The van der Waals surface area contributed by atoms with E-state index < -0.39 is 12.3 Å². The third kappa shape index (κ3) is 7.16. The summed E-state index contributed by atoms with van der Waals surface area (Å²) in [6, 6.07) is 12.3. The number of hydrogen-bond acceptors (Lipinski definition) is 9. The molecule has 1 amide bonds. The van der Waals surface area contributed by atoms with Crippen molar-refractivity contribution in [3.8, 4) is 17.4 Å². The Morgan fingerprint density at radius 3 is 2.57 bits per heavy atom. The molecule has 1 aromatic carbocycles. The van der Waals surface area contributed by atoms with Gasteiger partial charge >= 0.3 is 6.09 Å². The van der Waals surface area contributed by atoms with Crippen molar-refractivity contribution in [3.05, 3.63) is 71.7 Å². The lowest BCUT2D eigenvalue weighted by molar-refractivity contribution is 0.0123. The fourth-order valence-electron chi connectivity index (χ4n) is 4.77. The van der Waals surface area contributed by atoms with Crippen molar-refractivity contribution in [3.63, 3.8) is 0 Å². The molecule has 1 saturated heterocycles. The number of halogens is 1. The van der Waals surface area contributed by atoms with Crippen molar-refractivity contribution < 1.29 is 23.4 Å². The van der Waals surface area contributed by atoms with E-state index in [0.29, 0.717) is 60.1 Å². The Hall–Kier alpha value is -4.94. The molecule has 5 rings (SSSR count). The first kappa shape index (κ1) is 30.5. The van der Waals surface area contributed by atoms with Gasteiger partial charge in [-0.3, -0.25) is 4.79 Å². The van der Waals surface area contributed by atoms with Gasteiger partial charge in [0.25, 0.3) is 5.56 Å². The molecule has 1 aliphatic heterocycles. The van der Waals surface area contributed by atoms with Crippen molar-refractivity contribution in [2.24, 2.45) is 0 Å². The van der Waals surface area contributed by atoms with Gasteiger partial charge in [0.05, 0.1) is 6.54 Å². The zero-order valence-corrected chi connectivity index (χ0v) is 25.0. The number of benzene rings is 1. The van der Waals surface area contributed by atoms with Crippen molar-refractivity contribution in [2.75, 3.05) is 31.7 Å². The van der Waals surface area contributed by atoms with Crippen LogP contribution in [0.15, 0.2) is 66.1 Å². The zero-order chi connectivity index (χ0) is 31.3. The number of likely N-dealkylation sites (tertiary alicyclic amines) is 1. The predicted molar refractivity (Wildman–Crippen MR) is 164 cm³/mol. The zero-order valence-electron chi connectivity index (χ0n) is 25.0. The Morgan fingerprint density at radius 1 is 1.14 bits per heavy atom. The molecular weight excluding hydrogens is 569 g/mol. The number of allylic oxidation sites excluding steroid dienone is 1. The van der Waals surface area contributed by atoms with Crippen LogP contribution in [0.4, 0.5) is 20.8 Å². The number of ether oxygens (including phenoxy) is 3. The van der Waals surface area contributed by atoms with Crippen LogP contribution in [0, 0.1) is 0 Å². The van der Waals surface area contributed by atoms with Gasteiger partial charge in [-0.25, -0.2) is 23.5 Å². The molecule has 44 heavy (non-hydrogen) atoms. The van der Waals surface area contributed by atoms with Gasteiger partial charge in [-0.15, -0.1) is 6.58 Å². The van der Waals surface area contributed by atoms with Gasteiger partial charge in [0.2, 0.25) is 11.8 Å². The molecule has 3 aromatic heterocycles. The molecular formula is C31H36FN7O5. The van der Waals surface area contributed by atoms with Gasteiger partial charge in [-0.05, 0) is 51.1 Å². The van der Waals surface area contributed by atoms with Crippen molar-refractivity contribution >= 4 is 28.8 Å². The summed E-state index contributed by atoms with van der Waals surface area (Å²) in [7, 11) is 0. The molecule has 1 fully saturated rings. The van der Waals surface area contributed by atoms with Gasteiger partial charge in [-0.1, -0.05) is 12.1 Å². The molecule has 0 radical (unpaired) electrons. The number of pyridine rings is 1. The quantitative estimate of drug-likeness (QED) is 0.248. The molecule has 1 aliphatic rings. The lowest BCUT2D eigenvalue weighted by Gasteiger charge is -2.33. The monoisotopic (exact) mass is 605 g/mol. The third-order valence-electron chi connectivity index (χ3n) is 6.74. The molecule has 0 saturated carbocycles. The molecule has 0 unspecified atom stereocenters. The van der Waals surface area contributed by atoms with E-state index in [1.54, 1.807) is 58.1 Å². The summed E-state index contributed by atoms with van der Waals surface area (Å²) in [5.41, 5.74) is 0.197. The highest BCUT2D eigenvalue weighted by Gasteiger charge is 2.28. The third-order valence-corrected chi connectivity index (χ3v) is 6.74. The van der Waals surface area contributed by atoms with E-state index in [1.165, 1.54) is 10.9 Å². The summed E-state index contributed by atoms with van der Waals surface area (Å²) >= 11 is 0. The molecule has 0 spiro atoms. The van der Waals surface area contributed by atoms with Crippen LogP contribution in [0.5, 0.6) is 11.6 Å². The largest absolute Gasteiger partial charge is 0.491 e. The lowest BCUT2D eigenvalue weighted by atomic mass is 10.1. The second-order valence-corrected chi connectivity index (χ2v) is 11.2. The number of fused-ring (bicyclic) bond motifs is 1. The molecule has 12 nitrogen and oxygen atoms in total. The van der Waals surface area contributed by atoms with Crippen LogP contribution in [-0.4, -0.2) is 73.4 Å². The molecule has 0 bridgehead atoms. The Labute approximate surface area is 254 Å². The number of nitrogens with one attached hydrogen (secondary N) is 1. The number of nitrogens with zero attached hydrogens (tertiary/aromatic N) is 6. The highest BCUT2D eigenvalue weighted by molar-refractivity contribution is 5.77. The summed E-state index contributed by atoms with van der Waals surface area (Å²) in [6.07, 6.45) is 3.88. The molecule has 4 heterocycles. The molecule has 0 aliphatic carbocycles. The summed E-state index contributed by atoms with van der Waals surface area (Å²) < 4.78 is 32.5. The van der Waals surface area contributed by atoms with Gasteiger partial charge in [0, 0.05) is 43.9 Å². The van der Waals surface area contributed by atoms with Crippen LogP contribution in [0.1, 0.15) is 33.6 Å². The summed E-state index contributed by atoms with van der Waals surface area (Å²) in [5, 5.41) is 3.44. The van der Waals surface area contributed by atoms with Crippen LogP contribution in [0.25, 0.3) is 16.9 Å². The van der Waals surface area contributed by atoms with Gasteiger partial charge < -0.3 is 24.4 Å². The van der Waals surface area contributed by atoms with E-state index in [2.05, 4.69) is 21.9 Å². The van der Waals surface area contributed by atoms with Gasteiger partial charge in [0.1, 0.15) is 36.1 Å². The van der Waals surface area contributed by atoms with Crippen LogP contribution >= 0.6 is 0 Å². The minimum Gasteiger partial charge on any atom is -0.491 e. The SMILES string of the molecule is C=CCn1c(=O)c2cnc(Nc3ccc(OCCF)cc3)nc2n1-c1cccc(OC2CCN(C(=O)OC(C)(C)C)CC2)n1. The normalized spacial score (nSPS) is 14.0. The van der Waals surface area contributed by atoms with Crippen LogP contribution in [0.3, 0.4) is 0 Å². The number of carbonyl (C=O) groups is 1. The molecule has 1 N–H and O–H groups in total. The highest BCUT2D eigenvalue weighted by Crippen LogP contribution is 2.23. The molecule has 4 aromatic rings. The summed E-state index contributed by atoms with van der Waals surface area (Å²) in [6.45, 7) is 10.00. The fraction of sp³-hybridized carbons (Fsp3) is 0.387. The van der Waals surface area contributed by atoms with E-state index in [0.717, 1.165) is 0 Å². The Balaban J connectivity index is 1.37. The van der Waals surface area contributed by atoms with Crippen molar-refractivity contribution in [2.45, 2.75) is 51.9 Å². The standard InChI is InChI=1S/C31H36FN7O5/c1-5-16-38-28(40)24-20-33-29(34-21-9-11-22(12-10-21)42-19-15-32)36-27(24)39(38)25-7-6-8-26(35-25)43-23-13-17-37(18-14-23)30(41)44-31(2,3)4/h5-12,20,23H,1,13-19H2,2-4H3,(H,33,34,36). The average Bonchev–Trinajstić information content (AvgIpc) is 3.27. The number of rotatable bonds is 10. The minimum atomic E-state index is -0.569. The maximum Gasteiger partial charge on any atom is 0.410 e. The first-order valence-electron chi connectivity index (χ1n) is 14.4. The second-order valence-electron chi connectivity index (χ2n) is 11.2. The number of hydrogen-bond donors (Lipinski definition) is 1. The van der Waals surface area contributed by atoms with E-state index in [1.807, 2.05) is 20.8 Å². The lowest BCUT2D eigenvalue weighted by Crippen LogP contribution is -2.44. The van der Waals surface area contributed by atoms with Crippen LogP contribution in [-0.2, 0) is 11.3 Å². The van der Waals surface area contributed by atoms with Crippen molar-refractivity contribution in [1.29, 1.82) is 0 Å². The van der Waals surface area contributed by atoms with Gasteiger partial charge in [-0.2, -0.15) is 9.97 Å². The fourth-order valence-corrected chi connectivity index (χ4v) is 4.77. The number of aromatic nitrogens is 5. The Bertz CT molecular complexity index is 1670. The van der Waals surface area contributed by atoms with Crippen LogP contribution in [0.2, 0.25) is 0 Å². The van der Waals surface area contributed by atoms with E-state index >= 15 is 0 Å². The van der Waals surface area contributed by atoms with E-state index in [4.69, 9.17) is 19.2 Å². The number of anilines is 2. The number of alkyl halides is 1. The summed E-state index contributed by atoms with van der Waals surface area (Å²) in [5.74, 6) is 1.63. The van der Waals surface area contributed by atoms with Gasteiger partial charge in [0.15, 0.2) is 11.5 Å².